The Morgan fingerprint density at radius 3 is 1.85 bits per heavy atom. The Hall–Kier alpha value is -6.46. The molecule has 9 aromatic rings. The van der Waals surface area contributed by atoms with E-state index in [1.807, 2.05) is 0 Å². The van der Waals surface area contributed by atoms with Crippen molar-refractivity contribution < 1.29 is 4.42 Å². The number of hydrogen-bond acceptors (Lipinski definition) is 3. The van der Waals surface area contributed by atoms with E-state index in [1.54, 1.807) is 0 Å². The zero-order valence-corrected chi connectivity index (χ0v) is 45.9. The van der Waals surface area contributed by atoms with Crippen molar-refractivity contribution in [3.05, 3.63) is 161 Å². The smallest absolute Gasteiger partial charge is 0.252 e. The van der Waals surface area contributed by atoms with Crippen molar-refractivity contribution in [3.63, 3.8) is 0 Å². The lowest BCUT2D eigenvalue weighted by Gasteiger charge is -2.50. The fraction of sp³-hybridized carbons (Fsp3) is 0.353. The van der Waals surface area contributed by atoms with Gasteiger partial charge < -0.3 is 14.2 Å². The van der Waals surface area contributed by atoms with Gasteiger partial charge in [-0.1, -0.05) is 182 Å². The van der Waals surface area contributed by atoms with Gasteiger partial charge in [-0.05, 0) is 146 Å². The quantitative estimate of drug-likeness (QED) is 0.165. The van der Waals surface area contributed by atoms with Crippen molar-refractivity contribution >= 4 is 84.5 Å². The van der Waals surface area contributed by atoms with Crippen molar-refractivity contribution in [2.24, 2.45) is 0 Å². The molecule has 2 aromatic heterocycles. The minimum absolute atomic E-state index is 0.00131. The van der Waals surface area contributed by atoms with Crippen molar-refractivity contribution in [1.29, 1.82) is 0 Å². The van der Waals surface area contributed by atoms with E-state index in [0.29, 0.717) is 0 Å². The molecule has 2 atom stereocenters. The maximum absolute atomic E-state index is 7.12. The van der Waals surface area contributed by atoms with E-state index in [1.165, 1.54) is 130 Å². The number of nitrogens with zero attached hydrogens (tertiary/aromatic N) is 3. The van der Waals surface area contributed by atoms with Gasteiger partial charge in [-0.15, -0.1) is 0 Å². The zero-order valence-electron chi connectivity index (χ0n) is 45.9. The summed E-state index contributed by atoms with van der Waals surface area (Å²) in [5.74, 6) is 0. The van der Waals surface area contributed by atoms with Crippen LogP contribution in [0.15, 0.2) is 138 Å². The van der Waals surface area contributed by atoms with Gasteiger partial charge in [0, 0.05) is 50.2 Å². The maximum Gasteiger partial charge on any atom is 0.252 e. The molecule has 0 amide bonds. The van der Waals surface area contributed by atoms with Gasteiger partial charge in [-0.2, -0.15) is 0 Å². The molecule has 0 radical (unpaired) electrons. The van der Waals surface area contributed by atoms with E-state index in [2.05, 4.69) is 245 Å². The Bertz CT molecular complexity index is 3790. The van der Waals surface area contributed by atoms with Crippen LogP contribution in [0.3, 0.4) is 0 Å². The number of benzene rings is 7. The van der Waals surface area contributed by atoms with Gasteiger partial charge in [0.2, 0.25) is 5.71 Å². The molecule has 5 heteroatoms. The van der Waals surface area contributed by atoms with Crippen molar-refractivity contribution in [3.8, 4) is 16.8 Å². The van der Waals surface area contributed by atoms with Crippen LogP contribution in [-0.4, -0.2) is 16.8 Å². The van der Waals surface area contributed by atoms with Crippen LogP contribution in [0, 0.1) is 0 Å². The number of rotatable bonds is 3. The number of aromatic nitrogens is 1. The van der Waals surface area contributed by atoms with E-state index < -0.39 is 0 Å². The molecule has 368 valence electrons. The van der Waals surface area contributed by atoms with Crippen molar-refractivity contribution in [2.45, 2.75) is 155 Å². The fourth-order valence-electron chi connectivity index (χ4n) is 13.9. The van der Waals surface area contributed by atoms with Crippen LogP contribution < -0.4 is 26.2 Å². The van der Waals surface area contributed by atoms with Gasteiger partial charge in [-0.25, -0.2) is 0 Å². The number of hydrogen-bond donors (Lipinski definition) is 0. The second-order valence-corrected chi connectivity index (χ2v) is 27.0. The topological polar surface area (TPSA) is 24.6 Å². The normalized spacial score (nSPS) is 19.5. The lowest BCUT2D eigenvalue weighted by Crippen LogP contribution is -2.61. The Morgan fingerprint density at radius 2 is 1.14 bits per heavy atom. The summed E-state index contributed by atoms with van der Waals surface area (Å²) in [6.07, 6.45) is 4.81. The van der Waals surface area contributed by atoms with E-state index in [0.717, 1.165) is 17.7 Å². The third-order valence-corrected chi connectivity index (χ3v) is 18.3. The average Bonchev–Trinajstić information content (AvgIpc) is 3.95. The van der Waals surface area contributed by atoms with Crippen LogP contribution in [-0.2, 0) is 27.1 Å². The first-order valence-electron chi connectivity index (χ1n) is 27.3. The third kappa shape index (κ3) is 6.52. The molecule has 7 aromatic carbocycles. The van der Waals surface area contributed by atoms with Crippen LogP contribution in [0.25, 0.3) is 49.8 Å². The lowest BCUT2D eigenvalue weighted by molar-refractivity contribution is 0.195. The minimum atomic E-state index is -0.159. The molecule has 3 aliphatic heterocycles. The summed E-state index contributed by atoms with van der Waals surface area (Å²) in [6.45, 7) is 33.5. The number of anilines is 5. The van der Waals surface area contributed by atoms with Crippen molar-refractivity contribution in [1.82, 2.24) is 4.57 Å². The minimum Gasteiger partial charge on any atom is -0.439 e. The molecular weight excluding hydrogens is 886 g/mol. The first kappa shape index (κ1) is 46.3. The van der Waals surface area contributed by atoms with Gasteiger partial charge in [0.25, 0.3) is 6.71 Å². The molecular formula is C68H72BN3O. The van der Waals surface area contributed by atoms with Crippen LogP contribution in [0.2, 0.25) is 0 Å². The molecule has 0 bridgehead atoms. The van der Waals surface area contributed by atoms with Crippen LogP contribution in [0.4, 0.5) is 28.4 Å². The number of fused-ring (bicyclic) bond motifs is 12. The third-order valence-electron chi connectivity index (χ3n) is 18.3. The molecule has 1 fully saturated rings. The lowest BCUT2D eigenvalue weighted by atomic mass is 9.33. The fourth-order valence-corrected chi connectivity index (χ4v) is 13.9. The second-order valence-electron chi connectivity index (χ2n) is 27.0. The van der Waals surface area contributed by atoms with Crippen LogP contribution >= 0.6 is 0 Å². The summed E-state index contributed by atoms with van der Waals surface area (Å²) in [7, 11) is 0. The Kier molecular flexibility index (Phi) is 9.58. The average molecular weight is 958 g/mol. The monoisotopic (exact) mass is 958 g/mol. The van der Waals surface area contributed by atoms with Crippen molar-refractivity contribution in [2.75, 3.05) is 9.80 Å². The maximum atomic E-state index is 7.12. The highest BCUT2D eigenvalue weighted by molar-refractivity contribution is 7.00. The van der Waals surface area contributed by atoms with Gasteiger partial charge in [0.05, 0.1) is 22.1 Å². The van der Waals surface area contributed by atoms with Gasteiger partial charge in [-0.3, -0.25) is 4.57 Å². The van der Waals surface area contributed by atoms with E-state index >= 15 is 0 Å². The molecule has 5 heterocycles. The Morgan fingerprint density at radius 1 is 0.507 bits per heavy atom. The molecule has 1 aliphatic carbocycles. The highest BCUT2D eigenvalue weighted by Crippen LogP contribution is 2.62. The van der Waals surface area contributed by atoms with Crippen LogP contribution in [0.5, 0.6) is 0 Å². The molecule has 73 heavy (non-hydrogen) atoms. The molecule has 0 saturated heterocycles. The predicted octanol–water partition coefficient (Wildman–Crippen LogP) is 16.7. The highest BCUT2D eigenvalue weighted by atomic mass is 16.3. The molecule has 0 N–H and O–H groups in total. The van der Waals surface area contributed by atoms with Gasteiger partial charge in [0.15, 0.2) is 0 Å². The summed E-state index contributed by atoms with van der Waals surface area (Å²) in [5, 5.41) is 3.64. The zero-order chi connectivity index (χ0) is 51.1. The first-order valence-corrected chi connectivity index (χ1v) is 27.3. The van der Waals surface area contributed by atoms with E-state index in [-0.39, 0.29) is 39.3 Å². The van der Waals surface area contributed by atoms with Crippen LogP contribution in [0.1, 0.15) is 150 Å². The largest absolute Gasteiger partial charge is 0.439 e. The predicted molar refractivity (Wildman–Crippen MR) is 313 cm³/mol. The summed E-state index contributed by atoms with van der Waals surface area (Å²) in [4.78, 5) is 5.49. The summed E-state index contributed by atoms with van der Waals surface area (Å²) < 4.78 is 9.64. The first-order chi connectivity index (χ1) is 34.5. The molecule has 2 unspecified atom stereocenters. The number of furan rings is 1. The van der Waals surface area contributed by atoms with Gasteiger partial charge >= 0.3 is 0 Å². The summed E-state index contributed by atoms with van der Waals surface area (Å²) in [5.41, 5.74) is 23.6. The SMILES string of the molecule is CC(C)(C)c1ccc(N2c3cc(N4c5ccc(C(C)(C)C)cc5C5(C)CCCCC45C)ccc3B3c4c2cc(C(C)(C)C)cc4-n2c4oc5ccccc5c4c4cc(C(C)(C)C)cc3c42)c(-c2ccccc2)c1. The molecule has 1 saturated carbocycles. The Labute approximate surface area is 434 Å². The van der Waals surface area contributed by atoms with E-state index in [9.17, 15) is 0 Å². The molecule has 13 rings (SSSR count). The second kappa shape index (κ2) is 15.1. The summed E-state index contributed by atoms with van der Waals surface area (Å²) >= 11 is 0. The van der Waals surface area contributed by atoms with E-state index in [4.69, 9.17) is 4.42 Å². The standard InChI is InChI=1S/C68H72BN3O/c1-63(2,3)42-26-30-53(48(34-42)41-22-16-15-17-23-41)70-55-40-46(72-54-31-27-43(64(4,5)6)36-50(54)67(13)32-20-21-33-68(67,72)14)28-29-51(55)69-52-37-44(65(7,8)9)35-49-59-47-24-18-19-25-58(47)73-62(59)71(61(49)52)57-39-45(66(10,11)12)38-56(70)60(57)69/h15-19,22-31,34-40H,20-21,32-33H2,1-14H3. The summed E-state index contributed by atoms with van der Waals surface area (Å²) in [6, 6.07) is 52.3. The van der Waals surface area contributed by atoms with Gasteiger partial charge in [0.1, 0.15) is 5.58 Å². The Balaban J connectivity index is 1.18. The number of para-hydroxylation sites is 1. The highest BCUT2D eigenvalue weighted by Gasteiger charge is 2.58. The molecule has 0 spiro atoms. The molecule has 4 aliphatic rings. The molecule has 4 nitrogen and oxygen atoms in total.